The Labute approximate surface area is 145 Å². The van der Waals surface area contributed by atoms with E-state index in [4.69, 9.17) is 4.74 Å². The second kappa shape index (κ2) is 8.90. The third kappa shape index (κ3) is 5.42. The number of benzene rings is 2. The normalized spacial score (nSPS) is 11.9. The summed E-state index contributed by atoms with van der Waals surface area (Å²) in [5, 5.41) is 2.92. The number of halogens is 1. The van der Waals surface area contributed by atoms with E-state index < -0.39 is 0 Å². The smallest absolute Gasteiger partial charge is 0.251 e. The molecule has 0 aliphatic heterocycles. The Morgan fingerprint density at radius 1 is 1.18 bits per heavy atom. The number of carbonyl (C=O) groups excluding carboxylic acids is 1. The third-order valence-electron chi connectivity index (χ3n) is 3.33. The van der Waals surface area contributed by atoms with Crippen LogP contribution >= 0.6 is 22.6 Å². The predicted octanol–water partition coefficient (Wildman–Crippen LogP) is 4.19. The second-order valence-electron chi connectivity index (χ2n) is 5.04. The maximum Gasteiger partial charge on any atom is 0.251 e. The predicted molar refractivity (Wildman–Crippen MR) is 96.9 cm³/mol. The first-order valence-electron chi connectivity index (χ1n) is 7.37. The lowest BCUT2D eigenvalue weighted by molar-refractivity contribution is 0.0635. The van der Waals surface area contributed by atoms with Gasteiger partial charge in [-0.2, -0.15) is 0 Å². The Kier molecular flexibility index (Phi) is 6.86. The van der Waals surface area contributed by atoms with Crippen LogP contribution in [0.5, 0.6) is 0 Å². The molecule has 0 aliphatic rings. The van der Waals surface area contributed by atoms with Crippen LogP contribution < -0.4 is 5.32 Å². The fourth-order valence-electron chi connectivity index (χ4n) is 2.09. The minimum absolute atomic E-state index is 0.0328. The number of nitrogens with one attached hydrogen (secondary N) is 1. The molecule has 0 aliphatic carbocycles. The molecule has 0 heterocycles. The van der Waals surface area contributed by atoms with Crippen LogP contribution in [0.3, 0.4) is 0 Å². The van der Waals surface area contributed by atoms with Gasteiger partial charge in [0.1, 0.15) is 0 Å². The van der Waals surface area contributed by atoms with E-state index in [1.54, 1.807) is 0 Å². The average molecular weight is 409 g/mol. The molecule has 1 N–H and O–H groups in total. The molecule has 1 amide bonds. The highest BCUT2D eigenvalue weighted by Gasteiger charge is 2.06. The summed E-state index contributed by atoms with van der Waals surface area (Å²) in [6, 6.07) is 17.7. The summed E-state index contributed by atoms with van der Waals surface area (Å²) in [6.45, 7) is 3.29. The number of hydrogen-bond acceptors (Lipinski definition) is 2. The topological polar surface area (TPSA) is 38.3 Å². The molecular formula is C18H20INO2. The first-order chi connectivity index (χ1) is 10.7. The van der Waals surface area contributed by atoms with Gasteiger partial charge in [-0.05, 0) is 59.7 Å². The summed E-state index contributed by atoms with van der Waals surface area (Å²) in [5.74, 6) is -0.0328. The van der Waals surface area contributed by atoms with Gasteiger partial charge < -0.3 is 10.1 Å². The first-order valence-corrected chi connectivity index (χ1v) is 8.45. The van der Waals surface area contributed by atoms with Crippen molar-refractivity contribution >= 4 is 28.5 Å². The van der Waals surface area contributed by atoms with Crippen LogP contribution in [0.1, 0.15) is 35.4 Å². The molecule has 22 heavy (non-hydrogen) atoms. The molecule has 0 saturated heterocycles. The fourth-order valence-corrected chi connectivity index (χ4v) is 2.63. The maximum atomic E-state index is 12.0. The van der Waals surface area contributed by atoms with Crippen molar-refractivity contribution in [3.63, 3.8) is 0 Å². The van der Waals surface area contributed by atoms with Crippen LogP contribution in [0.2, 0.25) is 0 Å². The Morgan fingerprint density at radius 2 is 1.95 bits per heavy atom. The van der Waals surface area contributed by atoms with Crippen LogP contribution in [0, 0.1) is 3.57 Å². The molecule has 0 aromatic heterocycles. The molecule has 0 radical (unpaired) electrons. The molecule has 2 aromatic rings. The Balaban J connectivity index is 1.66. The molecule has 4 heteroatoms. The fraction of sp³-hybridized carbons (Fsp3) is 0.278. The quantitative estimate of drug-likeness (QED) is 0.550. The van der Waals surface area contributed by atoms with Crippen molar-refractivity contribution in [2.75, 3.05) is 13.2 Å². The van der Waals surface area contributed by atoms with Crippen molar-refractivity contribution in [2.24, 2.45) is 0 Å². The summed E-state index contributed by atoms with van der Waals surface area (Å²) in [5.41, 5.74) is 1.87. The number of rotatable bonds is 7. The minimum Gasteiger partial charge on any atom is -0.374 e. The molecule has 0 fully saturated rings. The summed E-state index contributed by atoms with van der Waals surface area (Å²) >= 11 is 2.20. The van der Waals surface area contributed by atoms with Gasteiger partial charge in [-0.15, -0.1) is 0 Å². The van der Waals surface area contributed by atoms with Crippen molar-refractivity contribution in [3.8, 4) is 0 Å². The van der Waals surface area contributed by atoms with E-state index in [1.165, 1.54) is 5.56 Å². The third-order valence-corrected chi connectivity index (χ3v) is 4.00. The number of amides is 1. The summed E-state index contributed by atoms with van der Waals surface area (Å²) in [7, 11) is 0. The van der Waals surface area contributed by atoms with Crippen LogP contribution in [0.25, 0.3) is 0 Å². The zero-order valence-electron chi connectivity index (χ0n) is 12.6. The van der Waals surface area contributed by atoms with E-state index in [0.717, 1.165) is 9.99 Å². The van der Waals surface area contributed by atoms with Gasteiger partial charge >= 0.3 is 0 Å². The van der Waals surface area contributed by atoms with E-state index in [2.05, 4.69) is 40.0 Å². The zero-order chi connectivity index (χ0) is 15.8. The number of hydrogen-bond donors (Lipinski definition) is 1. The lowest BCUT2D eigenvalue weighted by Gasteiger charge is -2.13. The van der Waals surface area contributed by atoms with Crippen molar-refractivity contribution in [2.45, 2.75) is 19.4 Å². The molecule has 2 rings (SSSR count). The second-order valence-corrected chi connectivity index (χ2v) is 6.29. The van der Waals surface area contributed by atoms with E-state index in [9.17, 15) is 4.79 Å². The van der Waals surface area contributed by atoms with E-state index in [-0.39, 0.29) is 12.0 Å². The SMILES string of the molecule is CC(OCCCNC(=O)c1cccc(I)c1)c1ccccc1. The van der Waals surface area contributed by atoms with Gasteiger partial charge in [0.25, 0.3) is 5.91 Å². The Morgan fingerprint density at radius 3 is 2.68 bits per heavy atom. The number of carbonyl (C=O) groups is 1. The van der Waals surface area contributed by atoms with Gasteiger partial charge in [0.05, 0.1) is 6.10 Å². The van der Waals surface area contributed by atoms with E-state index >= 15 is 0 Å². The van der Waals surface area contributed by atoms with Gasteiger partial charge in [-0.3, -0.25) is 4.79 Å². The van der Waals surface area contributed by atoms with Gasteiger partial charge in [0, 0.05) is 22.3 Å². The molecule has 3 nitrogen and oxygen atoms in total. The monoisotopic (exact) mass is 409 g/mol. The first kappa shape index (κ1) is 17.0. The lowest BCUT2D eigenvalue weighted by Crippen LogP contribution is -2.25. The standard InChI is InChI=1S/C18H20INO2/c1-14(15-7-3-2-4-8-15)22-12-6-11-20-18(21)16-9-5-10-17(19)13-16/h2-5,7-10,13-14H,6,11-12H2,1H3,(H,20,21). The summed E-state index contributed by atoms with van der Waals surface area (Å²) in [6.07, 6.45) is 0.875. The summed E-state index contributed by atoms with van der Waals surface area (Å²) in [4.78, 5) is 12.0. The zero-order valence-corrected chi connectivity index (χ0v) is 14.7. The largest absolute Gasteiger partial charge is 0.374 e. The maximum absolute atomic E-state index is 12.0. The van der Waals surface area contributed by atoms with Crippen LogP contribution in [-0.2, 0) is 4.74 Å². The van der Waals surface area contributed by atoms with Gasteiger partial charge in [0.15, 0.2) is 0 Å². The van der Waals surface area contributed by atoms with E-state index in [0.29, 0.717) is 18.7 Å². The molecule has 0 spiro atoms. The van der Waals surface area contributed by atoms with Crippen LogP contribution in [0.15, 0.2) is 54.6 Å². The summed E-state index contributed by atoms with van der Waals surface area (Å²) < 4.78 is 6.84. The molecule has 1 unspecified atom stereocenters. The van der Waals surface area contributed by atoms with Gasteiger partial charge in [0.2, 0.25) is 0 Å². The van der Waals surface area contributed by atoms with Crippen molar-refractivity contribution in [1.82, 2.24) is 5.32 Å². The minimum atomic E-state index is -0.0328. The van der Waals surface area contributed by atoms with Crippen molar-refractivity contribution in [3.05, 3.63) is 69.3 Å². The molecule has 2 aromatic carbocycles. The Hall–Kier alpha value is -1.40. The van der Waals surface area contributed by atoms with Gasteiger partial charge in [-0.25, -0.2) is 0 Å². The molecule has 116 valence electrons. The van der Waals surface area contributed by atoms with E-state index in [1.807, 2.05) is 49.4 Å². The van der Waals surface area contributed by atoms with Crippen LogP contribution in [-0.4, -0.2) is 19.1 Å². The Bertz CT molecular complexity index is 601. The molecule has 0 bridgehead atoms. The van der Waals surface area contributed by atoms with Gasteiger partial charge in [-0.1, -0.05) is 36.4 Å². The van der Waals surface area contributed by atoms with Crippen molar-refractivity contribution in [1.29, 1.82) is 0 Å². The molecule has 1 atom stereocenters. The average Bonchev–Trinajstić information content (AvgIpc) is 2.55. The van der Waals surface area contributed by atoms with Crippen molar-refractivity contribution < 1.29 is 9.53 Å². The number of ether oxygens (including phenoxy) is 1. The highest BCUT2D eigenvalue weighted by molar-refractivity contribution is 14.1. The molecule has 0 saturated carbocycles. The highest BCUT2D eigenvalue weighted by Crippen LogP contribution is 2.15. The highest BCUT2D eigenvalue weighted by atomic mass is 127. The van der Waals surface area contributed by atoms with Crippen LogP contribution in [0.4, 0.5) is 0 Å². The lowest BCUT2D eigenvalue weighted by atomic mass is 10.1. The molecular weight excluding hydrogens is 389 g/mol.